The minimum absolute atomic E-state index is 0.0104. The Morgan fingerprint density at radius 2 is 2.24 bits per heavy atom. The van der Waals surface area contributed by atoms with Crippen LogP contribution in [0.25, 0.3) is 5.13 Å². The molecule has 4 rings (SSSR count). The van der Waals surface area contributed by atoms with E-state index in [9.17, 15) is 4.79 Å². The number of thiazole rings is 1. The molecular formula is C19H19N3O2S. The van der Waals surface area contributed by atoms with Crippen LogP contribution in [0.15, 0.2) is 41.9 Å². The van der Waals surface area contributed by atoms with Crippen LogP contribution in [-0.2, 0) is 6.42 Å². The molecule has 5 nitrogen and oxygen atoms in total. The van der Waals surface area contributed by atoms with Crippen molar-refractivity contribution in [2.75, 3.05) is 6.54 Å². The zero-order valence-electron chi connectivity index (χ0n) is 14.2. The molecule has 1 aliphatic heterocycles. The van der Waals surface area contributed by atoms with Gasteiger partial charge in [0.15, 0.2) is 5.13 Å². The second-order valence-electron chi connectivity index (χ2n) is 6.20. The minimum Gasteiger partial charge on any atom is -0.488 e. The van der Waals surface area contributed by atoms with Crippen molar-refractivity contribution >= 4 is 17.2 Å². The summed E-state index contributed by atoms with van der Waals surface area (Å²) >= 11 is 1.56. The highest BCUT2D eigenvalue weighted by Gasteiger charge is 2.24. The van der Waals surface area contributed by atoms with Gasteiger partial charge < -0.3 is 10.1 Å². The smallest absolute Gasteiger partial charge is 0.253 e. The Bertz CT molecular complexity index is 890. The predicted octanol–water partition coefficient (Wildman–Crippen LogP) is 3.28. The summed E-state index contributed by atoms with van der Waals surface area (Å²) in [6.07, 6.45) is 2.59. The third-order valence-corrected chi connectivity index (χ3v) is 5.25. The third kappa shape index (κ3) is 2.93. The maximum absolute atomic E-state index is 12.6. The van der Waals surface area contributed by atoms with E-state index in [4.69, 9.17) is 4.74 Å². The van der Waals surface area contributed by atoms with Crippen LogP contribution in [0.2, 0.25) is 0 Å². The normalized spacial score (nSPS) is 15.7. The molecule has 3 heterocycles. The van der Waals surface area contributed by atoms with Crippen LogP contribution in [0.4, 0.5) is 0 Å². The Morgan fingerprint density at radius 3 is 3.00 bits per heavy atom. The number of carbonyl (C=O) groups excluding carboxylic acids is 1. The Morgan fingerprint density at radius 1 is 1.40 bits per heavy atom. The molecule has 0 saturated carbocycles. The molecular weight excluding hydrogens is 334 g/mol. The zero-order valence-corrected chi connectivity index (χ0v) is 15.0. The molecule has 0 spiro atoms. The molecule has 1 unspecified atom stereocenters. The van der Waals surface area contributed by atoms with E-state index in [2.05, 4.69) is 16.4 Å². The Hall–Kier alpha value is -2.60. The number of nitrogens with zero attached hydrogens (tertiary/aromatic N) is 2. The molecule has 1 aliphatic rings. The van der Waals surface area contributed by atoms with Gasteiger partial charge in [-0.1, -0.05) is 18.2 Å². The molecule has 1 amide bonds. The van der Waals surface area contributed by atoms with Gasteiger partial charge in [0.2, 0.25) is 0 Å². The molecule has 25 heavy (non-hydrogen) atoms. The maximum atomic E-state index is 12.6. The van der Waals surface area contributed by atoms with Crippen LogP contribution in [0.3, 0.4) is 0 Å². The standard InChI is InChI=1S/C19H19N3O2S/c1-12-9-16(13(2)22(12)19-20-7-8-25-19)18(23)21-11-15-10-14-5-3-4-6-17(14)24-15/h3-9,15H,10-11H2,1-2H3,(H,21,23). The number of hydrogen-bond acceptors (Lipinski definition) is 4. The van der Waals surface area contributed by atoms with Crippen LogP contribution in [0, 0.1) is 13.8 Å². The van der Waals surface area contributed by atoms with Gasteiger partial charge in [0.05, 0.1) is 12.1 Å². The van der Waals surface area contributed by atoms with Gasteiger partial charge in [-0.15, -0.1) is 11.3 Å². The number of hydrogen-bond donors (Lipinski definition) is 1. The SMILES string of the molecule is Cc1cc(C(=O)NCC2Cc3ccccc3O2)c(C)n1-c1nccs1. The largest absolute Gasteiger partial charge is 0.488 e. The lowest BCUT2D eigenvalue weighted by molar-refractivity contribution is 0.0933. The molecule has 0 aliphatic carbocycles. The highest BCUT2D eigenvalue weighted by molar-refractivity contribution is 7.12. The van der Waals surface area contributed by atoms with E-state index in [1.54, 1.807) is 17.5 Å². The summed E-state index contributed by atoms with van der Waals surface area (Å²) in [6, 6.07) is 9.93. The van der Waals surface area contributed by atoms with Gasteiger partial charge in [0, 0.05) is 29.4 Å². The van der Waals surface area contributed by atoms with Gasteiger partial charge in [-0.2, -0.15) is 0 Å². The Kier molecular flexibility index (Phi) is 4.05. The van der Waals surface area contributed by atoms with Crippen LogP contribution in [0.1, 0.15) is 27.3 Å². The number of carbonyl (C=O) groups is 1. The molecule has 6 heteroatoms. The van der Waals surface area contributed by atoms with Crippen LogP contribution >= 0.6 is 11.3 Å². The number of nitrogens with one attached hydrogen (secondary N) is 1. The molecule has 0 saturated heterocycles. The first kappa shape index (κ1) is 15.9. The van der Waals surface area contributed by atoms with E-state index in [1.165, 1.54) is 5.56 Å². The first-order valence-corrected chi connectivity index (χ1v) is 9.13. The lowest BCUT2D eigenvalue weighted by atomic mass is 10.1. The van der Waals surface area contributed by atoms with Crippen molar-refractivity contribution < 1.29 is 9.53 Å². The molecule has 3 aromatic rings. The summed E-state index contributed by atoms with van der Waals surface area (Å²) in [6.45, 7) is 4.43. The molecule has 0 radical (unpaired) electrons. The Labute approximate surface area is 150 Å². The highest BCUT2D eigenvalue weighted by atomic mass is 32.1. The summed E-state index contributed by atoms with van der Waals surface area (Å²) in [5.41, 5.74) is 3.79. The van der Waals surface area contributed by atoms with E-state index >= 15 is 0 Å². The highest BCUT2D eigenvalue weighted by Crippen LogP contribution is 2.28. The van der Waals surface area contributed by atoms with E-state index in [0.717, 1.165) is 28.7 Å². The number of rotatable bonds is 4. The molecule has 0 fully saturated rings. The van der Waals surface area contributed by atoms with Crippen molar-refractivity contribution in [3.8, 4) is 10.9 Å². The first-order valence-electron chi connectivity index (χ1n) is 8.25. The van der Waals surface area contributed by atoms with Crippen molar-refractivity contribution in [3.05, 3.63) is 64.4 Å². The summed E-state index contributed by atoms with van der Waals surface area (Å²) in [5.74, 6) is 0.846. The topological polar surface area (TPSA) is 56.1 Å². The van der Waals surface area contributed by atoms with Crippen molar-refractivity contribution in [2.24, 2.45) is 0 Å². The van der Waals surface area contributed by atoms with Gasteiger partial charge in [0.25, 0.3) is 5.91 Å². The molecule has 0 bridgehead atoms. The second-order valence-corrected chi connectivity index (χ2v) is 7.07. The van der Waals surface area contributed by atoms with Gasteiger partial charge in [-0.25, -0.2) is 4.98 Å². The molecule has 1 aromatic carbocycles. The average molecular weight is 353 g/mol. The van der Waals surface area contributed by atoms with Crippen molar-refractivity contribution in [3.63, 3.8) is 0 Å². The van der Waals surface area contributed by atoms with Gasteiger partial charge in [0.1, 0.15) is 11.9 Å². The van der Waals surface area contributed by atoms with Crippen LogP contribution in [0.5, 0.6) is 5.75 Å². The fourth-order valence-electron chi connectivity index (χ4n) is 3.28. The van der Waals surface area contributed by atoms with Gasteiger partial charge >= 0.3 is 0 Å². The summed E-state index contributed by atoms with van der Waals surface area (Å²) in [5, 5.41) is 5.82. The number of ether oxygens (including phenoxy) is 1. The number of aromatic nitrogens is 2. The van der Waals surface area contributed by atoms with Crippen LogP contribution in [-0.4, -0.2) is 28.1 Å². The second kappa shape index (κ2) is 6.37. The lowest BCUT2D eigenvalue weighted by Crippen LogP contribution is -2.34. The summed E-state index contributed by atoms with van der Waals surface area (Å²) < 4.78 is 7.90. The monoisotopic (exact) mass is 353 g/mol. The Balaban J connectivity index is 1.45. The average Bonchev–Trinajstić information content (AvgIpc) is 3.31. The first-order chi connectivity index (χ1) is 12.1. The number of para-hydroxylation sites is 1. The van der Waals surface area contributed by atoms with Crippen molar-refractivity contribution in [2.45, 2.75) is 26.4 Å². The molecule has 128 valence electrons. The summed E-state index contributed by atoms with van der Waals surface area (Å²) in [7, 11) is 0. The lowest BCUT2D eigenvalue weighted by Gasteiger charge is -2.12. The molecule has 1 N–H and O–H groups in total. The zero-order chi connectivity index (χ0) is 17.4. The predicted molar refractivity (Wildman–Crippen MR) is 97.8 cm³/mol. The van der Waals surface area contributed by atoms with E-state index in [1.807, 2.05) is 48.1 Å². The van der Waals surface area contributed by atoms with Crippen LogP contribution < -0.4 is 10.1 Å². The van der Waals surface area contributed by atoms with Crippen molar-refractivity contribution in [1.29, 1.82) is 0 Å². The number of fused-ring (bicyclic) bond motifs is 1. The van der Waals surface area contributed by atoms with Crippen molar-refractivity contribution in [1.82, 2.24) is 14.9 Å². The number of amides is 1. The molecule has 1 atom stereocenters. The fraction of sp³-hybridized carbons (Fsp3) is 0.263. The van der Waals surface area contributed by atoms with Gasteiger partial charge in [-0.05, 0) is 31.5 Å². The third-order valence-electron chi connectivity index (χ3n) is 4.49. The molecule has 2 aromatic heterocycles. The maximum Gasteiger partial charge on any atom is 0.253 e. The van der Waals surface area contributed by atoms with E-state index < -0.39 is 0 Å². The van der Waals surface area contributed by atoms with E-state index in [0.29, 0.717) is 12.1 Å². The summed E-state index contributed by atoms with van der Waals surface area (Å²) in [4.78, 5) is 17.0. The minimum atomic E-state index is -0.0736. The fourth-order valence-corrected chi connectivity index (χ4v) is 4.03. The number of benzene rings is 1. The number of aryl methyl sites for hydroxylation is 1. The van der Waals surface area contributed by atoms with Gasteiger partial charge in [-0.3, -0.25) is 9.36 Å². The van der Waals surface area contributed by atoms with E-state index in [-0.39, 0.29) is 12.0 Å². The quantitative estimate of drug-likeness (QED) is 0.783.